The fourth-order valence-corrected chi connectivity index (χ4v) is 5.94. The van der Waals surface area contributed by atoms with Crippen LogP contribution in [0.15, 0.2) is 161 Å². The molecule has 0 bridgehead atoms. The van der Waals surface area contributed by atoms with E-state index < -0.39 is 0 Å². The third-order valence-electron chi connectivity index (χ3n) is 8.31. The fraction of sp³-hybridized carbons (Fsp3) is 0.0976. The average molecular weight is 558 g/mol. The molecule has 0 saturated carbocycles. The lowest BCUT2D eigenvalue weighted by Gasteiger charge is -2.21. The van der Waals surface area contributed by atoms with Crippen molar-refractivity contribution in [2.24, 2.45) is 0 Å². The Bertz CT molecular complexity index is 1950. The van der Waals surface area contributed by atoms with Gasteiger partial charge in [0.15, 0.2) is 0 Å². The number of para-hydroxylation sites is 2. The van der Waals surface area contributed by atoms with Gasteiger partial charge in [-0.2, -0.15) is 0 Å². The maximum absolute atomic E-state index is 6.29. The maximum Gasteiger partial charge on any atom is 0.361 e. The molecule has 0 atom stereocenters. The lowest BCUT2D eigenvalue weighted by atomic mass is 9.87. The van der Waals surface area contributed by atoms with E-state index in [0.29, 0.717) is 0 Å². The summed E-state index contributed by atoms with van der Waals surface area (Å²) in [5.41, 5.74) is 10.6. The van der Waals surface area contributed by atoms with Crippen LogP contribution < -0.4 is 4.74 Å². The monoisotopic (exact) mass is 557 g/mol. The van der Waals surface area contributed by atoms with Gasteiger partial charge in [0, 0.05) is 22.8 Å². The first-order valence-corrected chi connectivity index (χ1v) is 15.0. The van der Waals surface area contributed by atoms with Crippen LogP contribution in [0.3, 0.4) is 0 Å². The summed E-state index contributed by atoms with van der Waals surface area (Å²) in [7, 11) is 0. The molecule has 5 aromatic rings. The van der Waals surface area contributed by atoms with E-state index in [1.54, 1.807) is 0 Å². The van der Waals surface area contributed by atoms with E-state index in [0.717, 1.165) is 75.3 Å². The quantitative estimate of drug-likeness (QED) is 0.200. The van der Waals surface area contributed by atoms with E-state index in [4.69, 9.17) is 9.15 Å². The largest absolute Gasteiger partial charge is 0.456 e. The number of allylic oxidation sites excluding steroid dienone is 8. The normalized spacial score (nSPS) is 16.9. The average Bonchev–Trinajstić information content (AvgIpc) is 3.07. The van der Waals surface area contributed by atoms with E-state index in [1.807, 2.05) is 60.7 Å². The van der Waals surface area contributed by atoms with Crippen LogP contribution in [0.4, 0.5) is 0 Å². The zero-order valence-electron chi connectivity index (χ0n) is 24.3. The van der Waals surface area contributed by atoms with Crippen molar-refractivity contribution in [2.75, 3.05) is 0 Å². The van der Waals surface area contributed by atoms with Crippen molar-refractivity contribution < 1.29 is 9.15 Å². The molecule has 0 fully saturated rings. The molecule has 2 nitrogen and oxygen atoms in total. The maximum atomic E-state index is 6.29. The minimum absolute atomic E-state index is 0.875. The third kappa shape index (κ3) is 5.65. The highest BCUT2D eigenvalue weighted by Crippen LogP contribution is 2.38. The molecule has 0 saturated heterocycles. The molecule has 0 unspecified atom stereocenters. The molecule has 208 valence electrons. The van der Waals surface area contributed by atoms with Gasteiger partial charge in [0.25, 0.3) is 0 Å². The first-order valence-electron chi connectivity index (χ1n) is 15.0. The number of benzene rings is 4. The van der Waals surface area contributed by atoms with Gasteiger partial charge in [-0.05, 0) is 78.8 Å². The minimum Gasteiger partial charge on any atom is -0.456 e. The Morgan fingerprint density at radius 3 is 2.26 bits per heavy atom. The van der Waals surface area contributed by atoms with Crippen LogP contribution in [0.2, 0.25) is 0 Å². The Balaban J connectivity index is 1.24. The van der Waals surface area contributed by atoms with Gasteiger partial charge in [-0.3, -0.25) is 0 Å². The second-order valence-corrected chi connectivity index (χ2v) is 11.1. The Morgan fingerprint density at radius 2 is 1.42 bits per heavy atom. The summed E-state index contributed by atoms with van der Waals surface area (Å²) in [6.07, 6.45) is 14.6. The van der Waals surface area contributed by atoms with Crippen molar-refractivity contribution >= 4 is 28.4 Å². The Morgan fingerprint density at radius 1 is 0.698 bits per heavy atom. The van der Waals surface area contributed by atoms with Gasteiger partial charge in [0.1, 0.15) is 11.5 Å². The second kappa shape index (κ2) is 12.0. The van der Waals surface area contributed by atoms with Crippen molar-refractivity contribution in [1.29, 1.82) is 0 Å². The van der Waals surface area contributed by atoms with Crippen LogP contribution in [-0.2, 0) is 0 Å². The molecule has 4 aromatic carbocycles. The van der Waals surface area contributed by atoms with Gasteiger partial charge < -0.3 is 4.74 Å². The van der Waals surface area contributed by atoms with Gasteiger partial charge in [0.05, 0.1) is 17.0 Å². The Labute approximate surface area is 253 Å². The minimum atomic E-state index is 0.875. The molecule has 0 radical (unpaired) electrons. The highest BCUT2D eigenvalue weighted by Gasteiger charge is 2.19. The van der Waals surface area contributed by atoms with Gasteiger partial charge in [-0.15, -0.1) is 0 Å². The molecule has 2 heterocycles. The van der Waals surface area contributed by atoms with Crippen molar-refractivity contribution in [3.63, 3.8) is 0 Å². The Hall–Kier alpha value is -5.21. The molecule has 1 aliphatic heterocycles. The van der Waals surface area contributed by atoms with E-state index in [9.17, 15) is 0 Å². The number of rotatable bonds is 5. The molecule has 2 aliphatic rings. The molecule has 1 aliphatic carbocycles. The third-order valence-corrected chi connectivity index (χ3v) is 8.31. The summed E-state index contributed by atoms with van der Waals surface area (Å²) in [5, 5.41) is 1.12. The summed E-state index contributed by atoms with van der Waals surface area (Å²) >= 11 is 0. The molecule has 1 aromatic heterocycles. The van der Waals surface area contributed by atoms with E-state index in [1.165, 1.54) is 16.7 Å². The molecular formula is C41H33O2+. The van der Waals surface area contributed by atoms with Crippen molar-refractivity contribution in [3.05, 3.63) is 173 Å². The van der Waals surface area contributed by atoms with Crippen LogP contribution in [0.1, 0.15) is 42.9 Å². The van der Waals surface area contributed by atoms with Crippen molar-refractivity contribution in [3.8, 4) is 17.1 Å². The first-order chi connectivity index (χ1) is 21.2. The van der Waals surface area contributed by atoms with Gasteiger partial charge >= 0.3 is 11.3 Å². The summed E-state index contributed by atoms with van der Waals surface area (Å²) in [4.78, 5) is 0. The molecule has 2 heteroatoms. The van der Waals surface area contributed by atoms with Crippen molar-refractivity contribution in [1.82, 2.24) is 0 Å². The number of hydrogen-bond acceptors (Lipinski definition) is 1. The Kier molecular flexibility index (Phi) is 7.41. The van der Waals surface area contributed by atoms with Gasteiger partial charge in [-0.25, -0.2) is 4.42 Å². The van der Waals surface area contributed by atoms with Crippen LogP contribution in [0.25, 0.3) is 39.7 Å². The molecule has 0 N–H and O–H groups in total. The lowest BCUT2D eigenvalue weighted by Crippen LogP contribution is -2.03. The second-order valence-electron chi connectivity index (χ2n) is 11.1. The highest BCUT2D eigenvalue weighted by molar-refractivity contribution is 5.90. The zero-order valence-corrected chi connectivity index (χ0v) is 24.3. The predicted molar refractivity (Wildman–Crippen MR) is 179 cm³/mol. The summed E-state index contributed by atoms with van der Waals surface area (Å²) < 4.78 is 12.6. The molecule has 43 heavy (non-hydrogen) atoms. The molecular weight excluding hydrogens is 524 g/mol. The van der Waals surface area contributed by atoms with Gasteiger partial charge in [0.2, 0.25) is 0 Å². The van der Waals surface area contributed by atoms with Crippen LogP contribution in [0.5, 0.6) is 5.75 Å². The predicted octanol–water partition coefficient (Wildman–Crippen LogP) is 11.3. The summed E-state index contributed by atoms with van der Waals surface area (Å²) in [6.45, 7) is 2.26. The topological polar surface area (TPSA) is 20.5 Å². The molecule has 0 amide bonds. The SMILES string of the molecule is CC1=C(/C=C/c2cc(-c3ccccc3)[o+]c3ccccc23)CCC/C1=C\C=C1\C=C(c2ccccc2)Oc2ccccc21. The van der Waals surface area contributed by atoms with Gasteiger partial charge in [-0.1, -0.05) is 103 Å². The first kappa shape index (κ1) is 26.7. The van der Waals surface area contributed by atoms with Crippen LogP contribution in [-0.4, -0.2) is 0 Å². The number of fused-ring (bicyclic) bond motifs is 2. The fourth-order valence-electron chi connectivity index (χ4n) is 5.94. The van der Waals surface area contributed by atoms with Crippen LogP contribution in [0, 0.1) is 0 Å². The molecule has 7 rings (SSSR count). The lowest BCUT2D eigenvalue weighted by molar-refractivity contribution is 0.509. The zero-order chi connectivity index (χ0) is 29.0. The smallest absolute Gasteiger partial charge is 0.361 e. The van der Waals surface area contributed by atoms with Crippen molar-refractivity contribution in [2.45, 2.75) is 26.2 Å². The summed E-state index contributed by atoms with van der Waals surface area (Å²) in [6, 6.07) is 39.4. The number of hydrogen-bond donors (Lipinski definition) is 0. The molecule has 0 spiro atoms. The van der Waals surface area contributed by atoms with E-state index >= 15 is 0 Å². The highest BCUT2D eigenvalue weighted by atomic mass is 16.5. The summed E-state index contributed by atoms with van der Waals surface area (Å²) in [5.74, 6) is 2.64. The van der Waals surface area contributed by atoms with Crippen LogP contribution >= 0.6 is 0 Å². The van der Waals surface area contributed by atoms with E-state index in [2.05, 4.69) is 91.9 Å². The number of ether oxygens (including phenoxy) is 1. The standard InChI is InChI=1S/C41H33O2/c1-29-30(23-25-34-27-40(32-13-4-2-5-14-32)42-38-21-10-8-19-36(34)38)17-12-18-31(29)24-26-35-28-41(33-15-6-3-7-16-33)43-39-22-11-9-20-37(35)39/h2-11,13-16,19-28H,12,17-18H2,1H3/q+1. The van der Waals surface area contributed by atoms with E-state index in [-0.39, 0.29) is 0 Å².